The van der Waals surface area contributed by atoms with E-state index in [1.165, 1.54) is 0 Å². The van der Waals surface area contributed by atoms with Gasteiger partial charge in [-0.25, -0.2) is 0 Å². The fourth-order valence-electron chi connectivity index (χ4n) is 10.5. The third kappa shape index (κ3) is 4.37. The van der Waals surface area contributed by atoms with E-state index in [2.05, 4.69) is 209 Å². The molecule has 0 saturated heterocycles. The van der Waals surface area contributed by atoms with Gasteiger partial charge in [0.2, 0.25) is 0 Å². The Morgan fingerprint density at radius 2 is 0.897 bits per heavy atom. The summed E-state index contributed by atoms with van der Waals surface area (Å²) in [5.74, 6) is 0. The lowest BCUT2D eigenvalue weighted by Crippen LogP contribution is -2.54. The Morgan fingerprint density at radius 1 is 0.397 bits per heavy atom. The molecule has 58 heavy (non-hydrogen) atoms. The van der Waals surface area contributed by atoms with Gasteiger partial charge in [-0.05, 0) is 80.3 Å². The number of benzene rings is 8. The Bertz CT molecular complexity index is 3010. The Balaban J connectivity index is 1.49. The lowest BCUT2D eigenvalue weighted by molar-refractivity contribution is -0.0697. The maximum absolute atomic E-state index is 14.3. The molecule has 0 amide bonds. The van der Waals surface area contributed by atoms with Gasteiger partial charge in [-0.2, -0.15) is 0 Å². The zero-order valence-electron chi connectivity index (χ0n) is 33.8. The highest BCUT2D eigenvalue weighted by atomic mass is 16.3. The van der Waals surface area contributed by atoms with Crippen LogP contribution >= 0.6 is 0 Å². The normalized spacial score (nSPS) is 19.1. The van der Waals surface area contributed by atoms with E-state index in [-0.39, 0.29) is 0 Å². The number of anilines is 6. The van der Waals surface area contributed by atoms with Crippen LogP contribution in [0.4, 0.5) is 34.1 Å². The van der Waals surface area contributed by atoms with E-state index in [4.69, 9.17) is 0 Å². The van der Waals surface area contributed by atoms with Crippen molar-refractivity contribution in [3.05, 3.63) is 180 Å². The highest BCUT2D eigenvalue weighted by Gasteiger charge is 2.61. The zero-order valence-corrected chi connectivity index (χ0v) is 33.8. The maximum atomic E-state index is 14.3. The van der Waals surface area contributed by atoms with Crippen LogP contribution < -0.4 is 9.80 Å². The minimum Gasteiger partial charge on any atom is -0.380 e. The van der Waals surface area contributed by atoms with E-state index in [0.29, 0.717) is 0 Å². The first kappa shape index (κ1) is 35.0. The molecule has 0 spiro atoms. The van der Waals surface area contributed by atoms with Crippen LogP contribution in [0.25, 0.3) is 43.8 Å². The van der Waals surface area contributed by atoms with Gasteiger partial charge < -0.3 is 20.0 Å². The molecule has 5 aliphatic rings. The van der Waals surface area contributed by atoms with E-state index < -0.39 is 22.0 Å². The number of para-hydroxylation sites is 2. The summed E-state index contributed by atoms with van der Waals surface area (Å²) in [6, 6.07) is 56.1. The Labute approximate surface area is 340 Å². The van der Waals surface area contributed by atoms with Crippen molar-refractivity contribution in [1.82, 2.24) is 0 Å². The smallest absolute Gasteiger partial charge is 0.122 e. The minimum absolute atomic E-state index is 0.688. The topological polar surface area (TPSA) is 46.9 Å². The molecule has 4 nitrogen and oxygen atoms in total. The van der Waals surface area contributed by atoms with Crippen molar-refractivity contribution >= 4 is 55.7 Å². The largest absolute Gasteiger partial charge is 0.380 e. The van der Waals surface area contributed by atoms with E-state index >= 15 is 0 Å². The Morgan fingerprint density at radius 3 is 1.47 bits per heavy atom. The van der Waals surface area contributed by atoms with Gasteiger partial charge in [0.05, 0.1) is 22.7 Å². The molecule has 8 aromatic rings. The van der Waals surface area contributed by atoms with Crippen molar-refractivity contribution in [2.75, 3.05) is 9.80 Å². The average Bonchev–Trinajstić information content (AvgIpc) is 3.25. The second-order valence-electron chi connectivity index (χ2n) is 18.4. The summed E-state index contributed by atoms with van der Waals surface area (Å²) < 4.78 is 0. The molecule has 1 aliphatic carbocycles. The molecule has 2 N–H and O–H groups in total. The zero-order chi connectivity index (χ0) is 39.9. The fraction of sp³-hybridized carbons (Fsp3) is 0.185. The molecule has 8 aromatic carbocycles. The van der Waals surface area contributed by atoms with Gasteiger partial charge in [-0.15, -0.1) is 0 Å². The SMILES string of the molecule is CC(C)(C)C1(O)c2cc3ccc2C(O)(C(C)(C)C)c2c1cc1c(c2N(c2ccccc2)c2c-1ccc1ccccc21)N(c1ccccc1)c1c-3ccc2ccccc12. The van der Waals surface area contributed by atoms with Crippen molar-refractivity contribution in [2.24, 2.45) is 10.8 Å². The van der Waals surface area contributed by atoms with Gasteiger partial charge in [0.25, 0.3) is 0 Å². The molecule has 4 heterocycles. The summed E-state index contributed by atoms with van der Waals surface area (Å²) in [7, 11) is 0. The average molecular weight is 755 g/mol. The van der Waals surface area contributed by atoms with Crippen molar-refractivity contribution in [2.45, 2.75) is 52.7 Å². The lowest BCUT2D eigenvalue weighted by atomic mass is 9.53. The number of aliphatic hydroxyl groups is 2. The van der Waals surface area contributed by atoms with E-state index in [9.17, 15) is 10.2 Å². The second-order valence-corrected chi connectivity index (χ2v) is 18.4. The number of rotatable bonds is 2. The van der Waals surface area contributed by atoms with Crippen molar-refractivity contribution in [3.8, 4) is 22.3 Å². The van der Waals surface area contributed by atoms with E-state index in [1.54, 1.807) is 0 Å². The molecule has 284 valence electrons. The maximum Gasteiger partial charge on any atom is 0.122 e. The molecule has 0 fully saturated rings. The number of hydrogen-bond donors (Lipinski definition) is 2. The van der Waals surface area contributed by atoms with Crippen molar-refractivity contribution in [3.63, 3.8) is 0 Å². The van der Waals surface area contributed by atoms with Crippen LogP contribution in [0.3, 0.4) is 0 Å². The molecule has 4 aliphatic heterocycles. The molecule has 4 heteroatoms. The van der Waals surface area contributed by atoms with Crippen molar-refractivity contribution in [1.29, 1.82) is 0 Å². The van der Waals surface area contributed by atoms with Crippen LogP contribution in [0.1, 0.15) is 63.8 Å². The Kier molecular flexibility index (Phi) is 7.06. The van der Waals surface area contributed by atoms with Gasteiger partial charge in [0, 0.05) is 44.4 Å². The minimum atomic E-state index is -1.55. The van der Waals surface area contributed by atoms with Crippen LogP contribution in [0.15, 0.2) is 158 Å². The second kappa shape index (κ2) is 11.7. The third-order valence-corrected chi connectivity index (χ3v) is 13.3. The number of fused-ring (bicyclic) bond motifs is 5. The summed E-state index contributed by atoms with van der Waals surface area (Å²) in [5, 5.41) is 32.8. The van der Waals surface area contributed by atoms with Crippen LogP contribution in [0, 0.1) is 10.8 Å². The van der Waals surface area contributed by atoms with Crippen LogP contribution in [-0.4, -0.2) is 10.2 Å². The quantitative estimate of drug-likeness (QED) is 0.184. The van der Waals surface area contributed by atoms with Crippen LogP contribution in [-0.2, 0) is 11.2 Å². The van der Waals surface area contributed by atoms with Gasteiger partial charge >= 0.3 is 0 Å². The first-order valence-electron chi connectivity index (χ1n) is 20.4. The number of hydrogen-bond acceptors (Lipinski definition) is 4. The highest BCUT2D eigenvalue weighted by molar-refractivity contribution is 6.18. The van der Waals surface area contributed by atoms with Crippen LogP contribution in [0.2, 0.25) is 0 Å². The summed E-state index contributed by atoms with van der Waals surface area (Å²) in [6.45, 7) is 12.8. The molecule has 0 aromatic heterocycles. The Hall–Kier alpha value is -6.20. The third-order valence-electron chi connectivity index (χ3n) is 13.3. The molecule has 0 saturated carbocycles. The molecule has 8 bridgehead atoms. The molecule has 0 radical (unpaired) electrons. The lowest BCUT2D eigenvalue weighted by Gasteiger charge is -2.56. The highest BCUT2D eigenvalue weighted by Crippen LogP contribution is 2.69. The monoisotopic (exact) mass is 754 g/mol. The van der Waals surface area contributed by atoms with Gasteiger partial charge in [-0.1, -0.05) is 163 Å². The van der Waals surface area contributed by atoms with E-state index in [0.717, 1.165) is 100 Å². The standard InChI is InChI=1S/C54H46N2O2/c1-51(2,3)53(57)44-31-35-27-30-43(44)54(58,52(4,5)6)46-45(53)32-42-41-29-26-34-18-14-16-24-39(34)48(41)56(37-21-11-8-12-22-37)50(46)49(42)55(36-19-9-7-10-20-36)47-38-23-15-13-17-33(38)25-28-40(35)47/h7-32,57-58H,1-6H3. The van der Waals surface area contributed by atoms with Crippen molar-refractivity contribution < 1.29 is 10.2 Å². The van der Waals surface area contributed by atoms with Gasteiger partial charge in [-0.3, -0.25) is 0 Å². The summed E-state index contributed by atoms with van der Waals surface area (Å²) >= 11 is 0. The predicted molar refractivity (Wildman–Crippen MR) is 240 cm³/mol. The fourth-order valence-corrected chi connectivity index (χ4v) is 10.5. The molecular formula is C54H46N2O2. The molecule has 13 rings (SSSR count). The predicted octanol–water partition coefficient (Wildman–Crippen LogP) is 13.8. The van der Waals surface area contributed by atoms with Gasteiger partial charge in [0.1, 0.15) is 11.2 Å². The van der Waals surface area contributed by atoms with Crippen LogP contribution in [0.5, 0.6) is 0 Å². The first-order valence-corrected chi connectivity index (χ1v) is 20.4. The van der Waals surface area contributed by atoms with E-state index in [1.807, 2.05) is 0 Å². The number of nitrogens with zero attached hydrogens (tertiary/aromatic N) is 2. The summed E-state index contributed by atoms with van der Waals surface area (Å²) in [5.41, 5.74) is 8.45. The summed E-state index contributed by atoms with van der Waals surface area (Å²) in [4.78, 5) is 4.85. The molecule has 2 unspecified atom stereocenters. The molecule has 2 atom stereocenters. The molecular weight excluding hydrogens is 709 g/mol. The first-order chi connectivity index (χ1) is 27.8. The summed E-state index contributed by atoms with van der Waals surface area (Å²) in [6.07, 6.45) is 0. The van der Waals surface area contributed by atoms with Gasteiger partial charge in [0.15, 0.2) is 0 Å².